The van der Waals surface area contributed by atoms with Crippen molar-refractivity contribution in [3.05, 3.63) is 76.1 Å². The summed E-state index contributed by atoms with van der Waals surface area (Å²) in [6.07, 6.45) is 0. The highest BCUT2D eigenvalue weighted by atomic mass is 79.9. The number of ether oxygens (including phenoxy) is 1. The van der Waals surface area contributed by atoms with E-state index in [1.54, 1.807) is 49.4 Å². The first kappa shape index (κ1) is 16.9. The zero-order valence-corrected chi connectivity index (χ0v) is 14.7. The number of hydrogen-bond donors (Lipinski definition) is 1. The number of aryl methyl sites for hydroxylation is 1. The summed E-state index contributed by atoms with van der Waals surface area (Å²) in [5.74, 6) is -0.512. The second-order valence-electron chi connectivity index (χ2n) is 5.18. The molecule has 3 rings (SSSR count). The van der Waals surface area contributed by atoms with Gasteiger partial charge in [-0.2, -0.15) is 0 Å². The number of hydrogen-bond acceptors (Lipinski definition) is 5. The number of nitrogens with one attached hydrogen (secondary N) is 1. The SMILES string of the molecule is Cc1cc(C(=O)Oc2ccc(NC(=O)c3ccccc3Br)cc2)on1. The van der Waals surface area contributed by atoms with Gasteiger partial charge in [-0.25, -0.2) is 4.79 Å². The summed E-state index contributed by atoms with van der Waals surface area (Å²) in [7, 11) is 0. The van der Waals surface area contributed by atoms with Crippen LogP contribution in [0.1, 0.15) is 26.6 Å². The standard InChI is InChI=1S/C18H13BrN2O4/c1-11-10-16(25-21-11)18(23)24-13-8-6-12(7-9-13)20-17(22)14-4-2-3-5-15(14)19/h2-10H,1H3,(H,20,22). The molecule has 0 aliphatic heterocycles. The molecule has 1 aromatic heterocycles. The summed E-state index contributed by atoms with van der Waals surface area (Å²) in [4.78, 5) is 24.1. The van der Waals surface area contributed by atoms with Gasteiger partial charge in [0, 0.05) is 16.2 Å². The van der Waals surface area contributed by atoms with Crippen molar-refractivity contribution in [3.8, 4) is 5.75 Å². The first-order chi connectivity index (χ1) is 12.0. The van der Waals surface area contributed by atoms with Crippen molar-refractivity contribution in [2.45, 2.75) is 6.92 Å². The molecule has 0 radical (unpaired) electrons. The molecule has 0 fully saturated rings. The third-order valence-electron chi connectivity index (χ3n) is 3.27. The van der Waals surface area contributed by atoms with Crippen LogP contribution in [0, 0.1) is 6.92 Å². The Morgan fingerprint density at radius 3 is 2.48 bits per heavy atom. The summed E-state index contributed by atoms with van der Waals surface area (Å²) < 4.78 is 10.7. The minimum atomic E-state index is -0.634. The normalized spacial score (nSPS) is 10.3. The average Bonchev–Trinajstić information content (AvgIpc) is 3.03. The van der Waals surface area contributed by atoms with Crippen LogP contribution in [0.15, 0.2) is 63.6 Å². The van der Waals surface area contributed by atoms with Crippen LogP contribution in [-0.4, -0.2) is 17.0 Å². The molecular weight excluding hydrogens is 388 g/mol. The fourth-order valence-corrected chi connectivity index (χ4v) is 2.53. The van der Waals surface area contributed by atoms with Gasteiger partial charge in [0.15, 0.2) is 0 Å². The van der Waals surface area contributed by atoms with E-state index in [4.69, 9.17) is 9.26 Å². The van der Waals surface area contributed by atoms with Crippen LogP contribution >= 0.6 is 15.9 Å². The van der Waals surface area contributed by atoms with Gasteiger partial charge in [0.1, 0.15) is 5.75 Å². The second-order valence-corrected chi connectivity index (χ2v) is 6.03. The van der Waals surface area contributed by atoms with Gasteiger partial charge >= 0.3 is 5.97 Å². The van der Waals surface area contributed by atoms with Crippen LogP contribution < -0.4 is 10.1 Å². The van der Waals surface area contributed by atoms with Crippen LogP contribution in [0.4, 0.5) is 5.69 Å². The van der Waals surface area contributed by atoms with Crippen LogP contribution in [0.5, 0.6) is 5.75 Å². The Kier molecular flexibility index (Phi) is 4.95. The molecule has 6 nitrogen and oxygen atoms in total. The molecule has 0 aliphatic carbocycles. The number of amides is 1. The molecule has 1 N–H and O–H groups in total. The molecule has 1 amide bonds. The molecule has 0 atom stereocenters. The van der Waals surface area contributed by atoms with E-state index in [1.165, 1.54) is 6.07 Å². The van der Waals surface area contributed by atoms with Crippen LogP contribution in [0.2, 0.25) is 0 Å². The molecule has 25 heavy (non-hydrogen) atoms. The highest BCUT2D eigenvalue weighted by Crippen LogP contribution is 2.20. The number of halogens is 1. The first-order valence-electron chi connectivity index (χ1n) is 7.34. The van der Waals surface area contributed by atoms with Gasteiger partial charge in [-0.15, -0.1) is 0 Å². The Hall–Kier alpha value is -2.93. The molecule has 0 bridgehead atoms. The minimum absolute atomic E-state index is 0.0313. The maximum atomic E-state index is 12.2. The summed E-state index contributed by atoms with van der Waals surface area (Å²) in [6, 6.07) is 15.1. The molecule has 0 saturated carbocycles. The van der Waals surface area contributed by atoms with Gasteiger partial charge in [-0.3, -0.25) is 4.79 Å². The Bertz CT molecular complexity index is 919. The van der Waals surface area contributed by atoms with E-state index in [2.05, 4.69) is 26.4 Å². The zero-order chi connectivity index (χ0) is 17.8. The van der Waals surface area contributed by atoms with E-state index in [0.29, 0.717) is 27.2 Å². The van der Waals surface area contributed by atoms with Gasteiger partial charge in [-0.05, 0) is 59.3 Å². The molecular formula is C18H13BrN2O4. The zero-order valence-electron chi connectivity index (χ0n) is 13.2. The maximum absolute atomic E-state index is 12.2. The molecule has 0 aliphatic rings. The van der Waals surface area contributed by atoms with Crippen LogP contribution in [-0.2, 0) is 0 Å². The van der Waals surface area contributed by atoms with Crippen LogP contribution in [0.25, 0.3) is 0 Å². The van der Waals surface area contributed by atoms with Crippen molar-refractivity contribution >= 4 is 33.5 Å². The van der Waals surface area contributed by atoms with E-state index in [-0.39, 0.29) is 11.7 Å². The Labute approximate surface area is 151 Å². The van der Waals surface area contributed by atoms with Crippen LogP contribution in [0.3, 0.4) is 0 Å². The van der Waals surface area contributed by atoms with Crippen molar-refractivity contribution in [1.82, 2.24) is 5.16 Å². The number of aromatic nitrogens is 1. The topological polar surface area (TPSA) is 81.4 Å². The Balaban J connectivity index is 1.65. The fraction of sp³-hybridized carbons (Fsp3) is 0.0556. The van der Waals surface area contributed by atoms with Crippen molar-refractivity contribution < 1.29 is 18.8 Å². The smallest absolute Gasteiger partial charge is 0.382 e. The largest absolute Gasteiger partial charge is 0.421 e. The third kappa shape index (κ3) is 4.13. The highest BCUT2D eigenvalue weighted by molar-refractivity contribution is 9.10. The van der Waals surface area contributed by atoms with Gasteiger partial charge in [0.2, 0.25) is 5.76 Å². The first-order valence-corrected chi connectivity index (χ1v) is 8.13. The number of benzene rings is 2. The molecule has 1 heterocycles. The molecule has 0 unspecified atom stereocenters. The van der Waals surface area contributed by atoms with E-state index >= 15 is 0 Å². The number of anilines is 1. The minimum Gasteiger partial charge on any atom is -0.421 e. The summed E-state index contributed by atoms with van der Waals surface area (Å²) in [6.45, 7) is 1.71. The summed E-state index contributed by atoms with van der Waals surface area (Å²) in [5, 5.41) is 6.41. The highest BCUT2D eigenvalue weighted by Gasteiger charge is 2.14. The number of esters is 1. The third-order valence-corrected chi connectivity index (χ3v) is 3.96. The van der Waals surface area contributed by atoms with Gasteiger partial charge in [-0.1, -0.05) is 17.3 Å². The fourth-order valence-electron chi connectivity index (χ4n) is 2.07. The number of carbonyl (C=O) groups is 2. The van der Waals surface area contributed by atoms with Gasteiger partial charge in [0.25, 0.3) is 5.91 Å². The van der Waals surface area contributed by atoms with Crippen molar-refractivity contribution in [3.63, 3.8) is 0 Å². The van der Waals surface area contributed by atoms with Crippen molar-refractivity contribution in [2.75, 3.05) is 5.32 Å². The second kappa shape index (κ2) is 7.31. The van der Waals surface area contributed by atoms with E-state index in [1.807, 2.05) is 6.07 Å². The number of rotatable bonds is 4. The molecule has 126 valence electrons. The lowest BCUT2D eigenvalue weighted by molar-refractivity contribution is 0.0691. The Morgan fingerprint density at radius 1 is 1.12 bits per heavy atom. The van der Waals surface area contributed by atoms with Crippen molar-refractivity contribution in [2.24, 2.45) is 0 Å². The molecule has 7 heteroatoms. The predicted molar refractivity (Wildman–Crippen MR) is 94.7 cm³/mol. The molecule has 0 saturated heterocycles. The predicted octanol–water partition coefficient (Wildman–Crippen LogP) is 4.22. The molecule has 2 aromatic carbocycles. The summed E-state index contributed by atoms with van der Waals surface area (Å²) in [5.41, 5.74) is 1.70. The van der Waals surface area contributed by atoms with E-state index in [0.717, 1.165) is 0 Å². The molecule has 0 spiro atoms. The summed E-state index contributed by atoms with van der Waals surface area (Å²) >= 11 is 3.34. The number of carbonyl (C=O) groups excluding carboxylic acids is 2. The van der Waals surface area contributed by atoms with E-state index < -0.39 is 5.97 Å². The van der Waals surface area contributed by atoms with Gasteiger partial charge < -0.3 is 14.6 Å². The lowest BCUT2D eigenvalue weighted by Gasteiger charge is -2.08. The van der Waals surface area contributed by atoms with Crippen molar-refractivity contribution in [1.29, 1.82) is 0 Å². The lowest BCUT2D eigenvalue weighted by atomic mass is 10.2. The monoisotopic (exact) mass is 400 g/mol. The average molecular weight is 401 g/mol. The quantitative estimate of drug-likeness (QED) is 0.523. The number of nitrogens with zero attached hydrogens (tertiary/aromatic N) is 1. The molecule has 3 aromatic rings. The Morgan fingerprint density at radius 2 is 1.84 bits per heavy atom. The maximum Gasteiger partial charge on any atom is 0.382 e. The van der Waals surface area contributed by atoms with E-state index in [9.17, 15) is 9.59 Å². The lowest BCUT2D eigenvalue weighted by Crippen LogP contribution is -2.12. The van der Waals surface area contributed by atoms with Gasteiger partial charge in [0.05, 0.1) is 11.3 Å².